The fraction of sp³-hybridized carbons (Fsp3) is 0.344. The van der Waals surface area contributed by atoms with Gasteiger partial charge in [-0.05, 0) is 49.1 Å². The van der Waals surface area contributed by atoms with Crippen LogP contribution in [0.15, 0.2) is 64.5 Å². The Hall–Kier alpha value is -4.18. The number of methoxy groups -OCH3 is 4. The molecule has 4 rings (SSSR count). The van der Waals surface area contributed by atoms with Crippen molar-refractivity contribution in [1.29, 1.82) is 0 Å². The predicted molar refractivity (Wildman–Crippen MR) is 165 cm³/mol. The normalized spacial score (nSPS) is 11.7. The molecule has 42 heavy (non-hydrogen) atoms. The summed E-state index contributed by atoms with van der Waals surface area (Å²) in [6.07, 6.45) is 1.09. The van der Waals surface area contributed by atoms with Crippen LogP contribution in [0, 0.1) is 6.92 Å². The van der Waals surface area contributed by atoms with Gasteiger partial charge in [-0.25, -0.2) is 4.98 Å². The van der Waals surface area contributed by atoms with Crippen molar-refractivity contribution in [1.82, 2.24) is 14.9 Å². The van der Waals surface area contributed by atoms with Gasteiger partial charge in [0, 0.05) is 19.2 Å². The monoisotopic (exact) mass is 591 g/mol. The van der Waals surface area contributed by atoms with Crippen LogP contribution in [0.5, 0.6) is 23.0 Å². The standard InChI is InChI=1S/C32H37N3O6S/c1-7-29(30(36)33-19-22-10-8-20(2)9-11-22)42-32-34-24-18-28(41-6)27(40-5)17-23(24)31(37)35(32)15-14-21-12-13-25(38-3)26(16-21)39-4/h8-13,16-18,29H,7,14-15,19H2,1-6H3,(H,33,36). The zero-order valence-corrected chi connectivity index (χ0v) is 25.7. The van der Waals surface area contributed by atoms with Crippen molar-refractivity contribution in [3.05, 3.63) is 81.6 Å². The van der Waals surface area contributed by atoms with E-state index >= 15 is 0 Å². The molecule has 0 saturated heterocycles. The van der Waals surface area contributed by atoms with Crippen LogP contribution in [0.4, 0.5) is 0 Å². The number of carbonyl (C=O) groups excluding carboxylic acids is 1. The summed E-state index contributed by atoms with van der Waals surface area (Å²) in [4.78, 5) is 32.0. The first-order valence-electron chi connectivity index (χ1n) is 13.7. The third kappa shape index (κ3) is 6.99. The lowest BCUT2D eigenvalue weighted by Crippen LogP contribution is -2.33. The van der Waals surface area contributed by atoms with Crippen LogP contribution >= 0.6 is 11.8 Å². The number of hydrogen-bond acceptors (Lipinski definition) is 8. The molecule has 0 saturated carbocycles. The third-order valence-electron chi connectivity index (χ3n) is 6.99. The van der Waals surface area contributed by atoms with Crippen molar-refractivity contribution in [2.45, 2.75) is 50.2 Å². The smallest absolute Gasteiger partial charge is 0.262 e. The van der Waals surface area contributed by atoms with E-state index in [1.54, 1.807) is 30.9 Å². The minimum atomic E-state index is -0.452. The van der Waals surface area contributed by atoms with Crippen molar-refractivity contribution in [2.75, 3.05) is 28.4 Å². The number of thioether (sulfide) groups is 1. The molecule has 1 atom stereocenters. The fourth-order valence-corrected chi connectivity index (χ4v) is 5.61. The molecule has 1 unspecified atom stereocenters. The SMILES string of the molecule is CCC(Sc1nc2cc(OC)c(OC)cc2c(=O)n1CCc1ccc(OC)c(OC)c1)C(=O)NCc1ccc(C)cc1. The number of aryl methyl sites for hydroxylation is 2. The second-order valence-corrected chi connectivity index (χ2v) is 10.9. The first kappa shape index (κ1) is 30.8. The van der Waals surface area contributed by atoms with Crippen LogP contribution in [0.1, 0.15) is 30.0 Å². The molecule has 1 heterocycles. The second kappa shape index (κ2) is 14.1. The zero-order chi connectivity index (χ0) is 30.2. The first-order valence-corrected chi connectivity index (χ1v) is 14.6. The summed E-state index contributed by atoms with van der Waals surface area (Å²) in [7, 11) is 6.24. The van der Waals surface area contributed by atoms with Gasteiger partial charge in [-0.15, -0.1) is 0 Å². The lowest BCUT2D eigenvalue weighted by atomic mass is 10.1. The van der Waals surface area contributed by atoms with E-state index in [0.717, 1.165) is 16.7 Å². The molecule has 0 aliphatic carbocycles. The molecule has 1 N–H and O–H groups in total. The Balaban J connectivity index is 1.68. The van der Waals surface area contributed by atoms with E-state index in [0.29, 0.717) is 65.0 Å². The highest BCUT2D eigenvalue weighted by molar-refractivity contribution is 8.00. The van der Waals surface area contributed by atoms with Gasteiger partial charge in [-0.1, -0.05) is 54.6 Å². The first-order chi connectivity index (χ1) is 20.3. The van der Waals surface area contributed by atoms with E-state index in [1.807, 2.05) is 56.3 Å². The molecule has 0 spiro atoms. The predicted octanol–water partition coefficient (Wildman–Crippen LogP) is 5.17. The number of hydrogen-bond donors (Lipinski definition) is 1. The number of aromatic nitrogens is 2. The van der Waals surface area contributed by atoms with Gasteiger partial charge in [0.25, 0.3) is 5.56 Å². The van der Waals surface area contributed by atoms with Crippen LogP contribution < -0.4 is 29.8 Å². The molecule has 3 aromatic carbocycles. The quantitative estimate of drug-likeness (QED) is 0.168. The molecule has 0 aliphatic heterocycles. The number of ether oxygens (including phenoxy) is 4. The highest BCUT2D eigenvalue weighted by Crippen LogP contribution is 2.33. The Morgan fingerprint density at radius 2 is 1.50 bits per heavy atom. The summed E-state index contributed by atoms with van der Waals surface area (Å²) in [5.74, 6) is 2.04. The van der Waals surface area contributed by atoms with E-state index in [2.05, 4.69) is 5.32 Å². The largest absolute Gasteiger partial charge is 0.493 e. The number of carbonyl (C=O) groups is 1. The Labute approximate surface area is 250 Å². The lowest BCUT2D eigenvalue weighted by molar-refractivity contribution is -0.120. The third-order valence-corrected chi connectivity index (χ3v) is 8.35. The van der Waals surface area contributed by atoms with Gasteiger partial charge in [0.15, 0.2) is 28.2 Å². The van der Waals surface area contributed by atoms with Gasteiger partial charge in [-0.3, -0.25) is 14.2 Å². The molecular formula is C32H37N3O6S. The zero-order valence-electron chi connectivity index (χ0n) is 24.9. The minimum absolute atomic E-state index is 0.115. The van der Waals surface area contributed by atoms with Crippen LogP contribution in [-0.2, 0) is 24.3 Å². The molecule has 4 aromatic rings. The van der Waals surface area contributed by atoms with E-state index in [1.165, 1.54) is 26.0 Å². The maximum Gasteiger partial charge on any atom is 0.262 e. The average molecular weight is 592 g/mol. The Morgan fingerprint density at radius 3 is 2.14 bits per heavy atom. The molecule has 1 aromatic heterocycles. The fourth-order valence-electron chi connectivity index (χ4n) is 4.55. The summed E-state index contributed by atoms with van der Waals surface area (Å²) >= 11 is 1.29. The van der Waals surface area contributed by atoms with Crippen molar-refractivity contribution < 1.29 is 23.7 Å². The molecule has 1 amide bonds. The summed E-state index contributed by atoms with van der Waals surface area (Å²) in [5.41, 5.74) is 3.39. The van der Waals surface area contributed by atoms with Gasteiger partial charge in [-0.2, -0.15) is 0 Å². The molecule has 0 radical (unpaired) electrons. The lowest BCUT2D eigenvalue weighted by Gasteiger charge is -2.19. The minimum Gasteiger partial charge on any atom is -0.493 e. The number of fused-ring (bicyclic) bond motifs is 1. The maximum atomic E-state index is 13.9. The van der Waals surface area contributed by atoms with Gasteiger partial charge >= 0.3 is 0 Å². The van der Waals surface area contributed by atoms with E-state index < -0.39 is 5.25 Å². The Morgan fingerprint density at radius 1 is 0.881 bits per heavy atom. The summed E-state index contributed by atoms with van der Waals surface area (Å²) in [6, 6.07) is 17.1. The van der Waals surface area contributed by atoms with Crippen LogP contribution in [-0.4, -0.2) is 49.1 Å². The molecule has 9 nitrogen and oxygen atoms in total. The topological polar surface area (TPSA) is 101 Å². The number of amides is 1. The Kier molecular flexibility index (Phi) is 10.4. The van der Waals surface area contributed by atoms with Gasteiger partial charge in [0.2, 0.25) is 5.91 Å². The van der Waals surface area contributed by atoms with Gasteiger partial charge < -0.3 is 24.3 Å². The molecule has 0 fully saturated rings. The van der Waals surface area contributed by atoms with Crippen molar-refractivity contribution in [2.24, 2.45) is 0 Å². The second-order valence-electron chi connectivity index (χ2n) is 9.73. The van der Waals surface area contributed by atoms with Gasteiger partial charge in [0.05, 0.1) is 44.6 Å². The van der Waals surface area contributed by atoms with Crippen LogP contribution in [0.3, 0.4) is 0 Å². The number of nitrogens with one attached hydrogen (secondary N) is 1. The number of rotatable bonds is 13. The average Bonchev–Trinajstić information content (AvgIpc) is 3.02. The number of nitrogens with zero attached hydrogens (tertiary/aromatic N) is 2. The van der Waals surface area contributed by atoms with Crippen molar-refractivity contribution in [3.63, 3.8) is 0 Å². The molecule has 0 aliphatic rings. The summed E-state index contributed by atoms with van der Waals surface area (Å²) in [6.45, 7) is 4.74. The van der Waals surface area contributed by atoms with Crippen LogP contribution in [0.25, 0.3) is 10.9 Å². The van der Waals surface area contributed by atoms with Crippen molar-refractivity contribution >= 4 is 28.6 Å². The van der Waals surface area contributed by atoms with Gasteiger partial charge in [0.1, 0.15) is 0 Å². The highest BCUT2D eigenvalue weighted by atomic mass is 32.2. The molecule has 0 bridgehead atoms. The highest BCUT2D eigenvalue weighted by Gasteiger charge is 2.23. The number of benzene rings is 3. The summed E-state index contributed by atoms with van der Waals surface area (Å²) < 4.78 is 23.3. The van der Waals surface area contributed by atoms with Crippen molar-refractivity contribution in [3.8, 4) is 23.0 Å². The van der Waals surface area contributed by atoms with E-state index in [-0.39, 0.29) is 11.5 Å². The van der Waals surface area contributed by atoms with E-state index in [4.69, 9.17) is 23.9 Å². The molecule has 222 valence electrons. The maximum absolute atomic E-state index is 13.9. The van der Waals surface area contributed by atoms with E-state index in [9.17, 15) is 9.59 Å². The summed E-state index contributed by atoms with van der Waals surface area (Å²) in [5, 5.41) is 3.45. The van der Waals surface area contributed by atoms with Crippen LogP contribution in [0.2, 0.25) is 0 Å². The molecular weight excluding hydrogens is 554 g/mol. The Bertz CT molecular complexity index is 1600. The molecule has 10 heteroatoms.